The fraction of sp³-hybridized carbons (Fsp3) is 0.333. The predicted octanol–water partition coefficient (Wildman–Crippen LogP) is 5.18. The molecule has 1 aliphatic rings. The molecular weight excluding hydrogens is 330 g/mol. The largest absolute Gasteiger partial charge is 0.493 e. The van der Waals surface area contributed by atoms with Gasteiger partial charge in [0.25, 0.3) is 0 Å². The monoisotopic (exact) mass is 353 g/mol. The maximum Gasteiger partial charge on any atom is 0.165 e. The van der Waals surface area contributed by atoms with Crippen LogP contribution in [0.5, 0.6) is 11.5 Å². The molecule has 2 aromatic carbocycles. The average Bonchev–Trinajstić information content (AvgIpc) is 2.92. The van der Waals surface area contributed by atoms with E-state index in [1.54, 1.807) is 18.4 Å². The van der Waals surface area contributed by atoms with Crippen LogP contribution in [0, 0.1) is 0 Å². The number of hydrogen-bond donors (Lipinski definition) is 0. The Labute approximate surface area is 152 Å². The second-order valence-electron chi connectivity index (χ2n) is 6.72. The van der Waals surface area contributed by atoms with Crippen molar-refractivity contribution in [2.45, 2.75) is 26.4 Å². The number of nitrogens with zero attached hydrogens (tertiary/aromatic N) is 1. The zero-order valence-corrected chi connectivity index (χ0v) is 15.7. The number of thiophene rings is 1. The van der Waals surface area contributed by atoms with Gasteiger partial charge in [0.05, 0.1) is 7.11 Å². The Kier molecular flexibility index (Phi) is 4.40. The number of fused-ring (bicyclic) bond motifs is 2. The highest BCUT2D eigenvalue weighted by Crippen LogP contribution is 2.41. The lowest BCUT2D eigenvalue weighted by Gasteiger charge is -2.23. The predicted molar refractivity (Wildman–Crippen MR) is 105 cm³/mol. The van der Waals surface area contributed by atoms with Crippen LogP contribution < -0.4 is 9.47 Å². The second kappa shape index (κ2) is 6.70. The first-order chi connectivity index (χ1) is 12.2. The van der Waals surface area contributed by atoms with Crippen molar-refractivity contribution in [2.24, 2.45) is 0 Å². The molecule has 0 saturated heterocycles. The summed E-state index contributed by atoms with van der Waals surface area (Å²) in [5, 5.41) is 3.54. The van der Waals surface area contributed by atoms with Crippen LogP contribution in [0.4, 0.5) is 0 Å². The van der Waals surface area contributed by atoms with Crippen molar-refractivity contribution < 1.29 is 9.47 Å². The summed E-state index contributed by atoms with van der Waals surface area (Å²) in [6, 6.07) is 13.4. The van der Waals surface area contributed by atoms with Crippen molar-refractivity contribution in [3.63, 3.8) is 0 Å². The van der Waals surface area contributed by atoms with Crippen molar-refractivity contribution in [1.82, 2.24) is 4.90 Å². The molecular formula is C21H23NO2S. The van der Waals surface area contributed by atoms with Gasteiger partial charge in [0.15, 0.2) is 11.5 Å². The van der Waals surface area contributed by atoms with Crippen LogP contribution in [0.1, 0.15) is 19.4 Å². The summed E-state index contributed by atoms with van der Waals surface area (Å²) in [5.41, 5.74) is 3.67. The summed E-state index contributed by atoms with van der Waals surface area (Å²) < 4.78 is 13.0. The van der Waals surface area contributed by atoms with Crippen LogP contribution >= 0.6 is 11.3 Å². The van der Waals surface area contributed by atoms with E-state index in [0.717, 1.165) is 24.6 Å². The van der Waals surface area contributed by atoms with E-state index in [9.17, 15) is 0 Å². The minimum Gasteiger partial charge on any atom is -0.493 e. The summed E-state index contributed by atoms with van der Waals surface area (Å²) in [5.74, 6) is 1.72. The van der Waals surface area contributed by atoms with Crippen LogP contribution in [0.25, 0.3) is 21.2 Å². The second-order valence-corrected chi connectivity index (χ2v) is 7.64. The molecule has 4 heteroatoms. The van der Waals surface area contributed by atoms with Gasteiger partial charge in [0, 0.05) is 40.3 Å². The minimum atomic E-state index is 0.492. The van der Waals surface area contributed by atoms with Crippen molar-refractivity contribution in [1.29, 1.82) is 0 Å². The molecule has 0 atom stereocenters. The molecule has 0 unspecified atom stereocenters. The van der Waals surface area contributed by atoms with Crippen LogP contribution in [-0.2, 0) is 6.54 Å². The van der Waals surface area contributed by atoms with Gasteiger partial charge in [-0.15, -0.1) is 11.3 Å². The molecule has 2 heterocycles. The van der Waals surface area contributed by atoms with E-state index >= 15 is 0 Å². The van der Waals surface area contributed by atoms with Crippen LogP contribution in [0.2, 0.25) is 0 Å². The Morgan fingerprint density at radius 1 is 1.20 bits per heavy atom. The highest BCUT2D eigenvalue weighted by Gasteiger charge is 2.22. The number of hydrogen-bond acceptors (Lipinski definition) is 4. The Morgan fingerprint density at radius 2 is 2.04 bits per heavy atom. The van der Waals surface area contributed by atoms with E-state index in [0.29, 0.717) is 12.6 Å². The topological polar surface area (TPSA) is 21.7 Å². The zero-order valence-electron chi connectivity index (χ0n) is 14.9. The van der Waals surface area contributed by atoms with E-state index in [1.807, 2.05) is 0 Å². The Morgan fingerprint density at radius 3 is 2.84 bits per heavy atom. The molecule has 0 amide bonds. The zero-order chi connectivity index (χ0) is 17.4. The van der Waals surface area contributed by atoms with Gasteiger partial charge < -0.3 is 9.47 Å². The van der Waals surface area contributed by atoms with Gasteiger partial charge in [-0.2, -0.15) is 0 Å². The first kappa shape index (κ1) is 16.4. The number of rotatable bonds is 3. The molecule has 0 saturated carbocycles. The first-order valence-corrected chi connectivity index (χ1v) is 9.59. The third-order valence-corrected chi connectivity index (χ3v) is 5.84. The van der Waals surface area contributed by atoms with Crippen LogP contribution in [0.3, 0.4) is 0 Å². The quantitative estimate of drug-likeness (QED) is 0.647. The molecule has 3 nitrogen and oxygen atoms in total. The molecule has 0 bridgehead atoms. The maximum absolute atomic E-state index is 6.05. The molecule has 3 aromatic rings. The SMILES string of the molecule is COc1cc(-c2csc3ccccc23)cc2c1OCCN(C(C)C)C2. The van der Waals surface area contributed by atoms with Gasteiger partial charge in [-0.05, 0) is 43.0 Å². The number of methoxy groups -OCH3 is 1. The van der Waals surface area contributed by atoms with Gasteiger partial charge in [0.2, 0.25) is 0 Å². The smallest absolute Gasteiger partial charge is 0.165 e. The summed E-state index contributed by atoms with van der Waals surface area (Å²) in [7, 11) is 1.72. The van der Waals surface area contributed by atoms with E-state index in [4.69, 9.17) is 9.47 Å². The fourth-order valence-electron chi connectivity index (χ4n) is 3.45. The summed E-state index contributed by atoms with van der Waals surface area (Å²) in [4.78, 5) is 2.45. The molecule has 130 valence electrons. The normalized spacial score (nSPS) is 15.0. The van der Waals surface area contributed by atoms with Crippen molar-refractivity contribution in [2.75, 3.05) is 20.3 Å². The van der Waals surface area contributed by atoms with E-state index in [1.165, 1.54) is 26.8 Å². The lowest BCUT2D eigenvalue weighted by Crippen LogP contribution is -2.32. The molecule has 25 heavy (non-hydrogen) atoms. The fourth-order valence-corrected chi connectivity index (χ4v) is 4.42. The molecule has 0 fully saturated rings. The summed E-state index contributed by atoms with van der Waals surface area (Å²) in [6.07, 6.45) is 0. The third kappa shape index (κ3) is 3.00. The molecule has 0 aliphatic carbocycles. The lowest BCUT2D eigenvalue weighted by molar-refractivity contribution is 0.187. The standard InChI is InChI=1S/C21H23NO2S/c1-14(2)22-8-9-24-21-16(12-22)10-15(11-19(21)23-3)18-13-25-20-7-5-4-6-17(18)20/h4-7,10-11,13-14H,8-9,12H2,1-3H3. The number of benzene rings is 2. The van der Waals surface area contributed by atoms with E-state index < -0.39 is 0 Å². The molecule has 4 rings (SSSR count). The Hall–Kier alpha value is -2.04. The third-order valence-electron chi connectivity index (χ3n) is 4.87. The van der Waals surface area contributed by atoms with Gasteiger partial charge in [-0.1, -0.05) is 18.2 Å². The summed E-state index contributed by atoms with van der Waals surface area (Å²) in [6.45, 7) is 6.99. The lowest BCUT2D eigenvalue weighted by atomic mass is 10.0. The maximum atomic E-state index is 6.05. The molecule has 1 aromatic heterocycles. The Bertz CT molecular complexity index is 900. The highest BCUT2D eigenvalue weighted by molar-refractivity contribution is 7.17. The minimum absolute atomic E-state index is 0.492. The van der Waals surface area contributed by atoms with Gasteiger partial charge in [-0.3, -0.25) is 4.90 Å². The molecule has 1 aliphatic heterocycles. The molecule has 0 N–H and O–H groups in total. The van der Waals surface area contributed by atoms with Crippen molar-refractivity contribution in [3.8, 4) is 22.6 Å². The van der Waals surface area contributed by atoms with E-state index in [-0.39, 0.29) is 0 Å². The first-order valence-electron chi connectivity index (χ1n) is 8.71. The average molecular weight is 353 g/mol. The van der Waals surface area contributed by atoms with Crippen molar-refractivity contribution in [3.05, 3.63) is 47.3 Å². The molecule has 0 radical (unpaired) electrons. The van der Waals surface area contributed by atoms with Gasteiger partial charge >= 0.3 is 0 Å². The van der Waals surface area contributed by atoms with Crippen LogP contribution in [-0.4, -0.2) is 31.2 Å². The number of ether oxygens (including phenoxy) is 2. The van der Waals surface area contributed by atoms with Crippen molar-refractivity contribution >= 4 is 21.4 Å². The highest BCUT2D eigenvalue weighted by atomic mass is 32.1. The van der Waals surface area contributed by atoms with Crippen LogP contribution in [0.15, 0.2) is 41.8 Å². The van der Waals surface area contributed by atoms with Gasteiger partial charge in [-0.25, -0.2) is 0 Å². The van der Waals surface area contributed by atoms with E-state index in [2.05, 4.69) is 60.5 Å². The molecule has 0 spiro atoms. The van der Waals surface area contributed by atoms with Gasteiger partial charge in [0.1, 0.15) is 6.61 Å². The summed E-state index contributed by atoms with van der Waals surface area (Å²) >= 11 is 1.79. The Balaban J connectivity index is 1.85.